The number of nitrogens with one attached hydrogen (secondary N) is 1. The number of hydrogen-bond donors (Lipinski definition) is 1. The second-order valence-electron chi connectivity index (χ2n) is 9.21. The van der Waals surface area contributed by atoms with Crippen LogP contribution in [0.5, 0.6) is 0 Å². The van der Waals surface area contributed by atoms with Gasteiger partial charge in [0.2, 0.25) is 0 Å². The zero-order valence-electron chi connectivity index (χ0n) is 19.0. The number of aromatic nitrogens is 1. The highest BCUT2D eigenvalue weighted by atomic mass is 16.1. The van der Waals surface area contributed by atoms with E-state index in [0.29, 0.717) is 5.57 Å². The third-order valence-electron chi connectivity index (χ3n) is 5.35. The standard InChI is InChI=1S/C26H33N3O/c1-19(25(30)27-22-13-11-21(12-14-22)26(2,3)4)17-20-18-29(16-15-28(5)6)24-10-8-7-9-23(20)24/h7-14,17-18H,15-16H2,1-6H3,(H,27,30)/b19-17+. The minimum absolute atomic E-state index is 0.0800. The van der Waals surface area contributed by atoms with Gasteiger partial charge in [-0.15, -0.1) is 0 Å². The molecule has 0 aliphatic carbocycles. The van der Waals surface area contributed by atoms with Gasteiger partial charge in [0, 0.05) is 47.0 Å². The number of rotatable bonds is 6. The smallest absolute Gasteiger partial charge is 0.251 e. The van der Waals surface area contributed by atoms with Gasteiger partial charge in [0.15, 0.2) is 0 Å². The molecule has 3 rings (SSSR count). The lowest BCUT2D eigenvalue weighted by atomic mass is 9.87. The van der Waals surface area contributed by atoms with E-state index in [0.717, 1.165) is 29.7 Å². The predicted octanol–water partition coefficient (Wildman–Crippen LogP) is 5.54. The van der Waals surface area contributed by atoms with Gasteiger partial charge in [-0.05, 0) is 56.3 Å². The maximum atomic E-state index is 12.8. The van der Waals surface area contributed by atoms with Crippen LogP contribution in [0.3, 0.4) is 0 Å². The summed E-state index contributed by atoms with van der Waals surface area (Å²) in [4.78, 5) is 14.9. The molecule has 0 radical (unpaired) electrons. The number of anilines is 1. The van der Waals surface area contributed by atoms with Crippen molar-refractivity contribution in [3.63, 3.8) is 0 Å². The first kappa shape index (κ1) is 21.8. The summed E-state index contributed by atoms with van der Waals surface area (Å²) in [5.74, 6) is -0.0800. The molecule has 3 aromatic rings. The fourth-order valence-corrected chi connectivity index (χ4v) is 3.46. The number of para-hydroxylation sites is 1. The first-order chi connectivity index (χ1) is 14.1. The lowest BCUT2D eigenvalue weighted by molar-refractivity contribution is -0.112. The van der Waals surface area contributed by atoms with Crippen molar-refractivity contribution in [2.24, 2.45) is 0 Å². The Kier molecular flexibility index (Phi) is 6.47. The van der Waals surface area contributed by atoms with Gasteiger partial charge in [0.25, 0.3) is 5.91 Å². The van der Waals surface area contributed by atoms with Gasteiger partial charge in [0.05, 0.1) is 0 Å². The zero-order valence-corrected chi connectivity index (χ0v) is 19.0. The maximum Gasteiger partial charge on any atom is 0.251 e. The van der Waals surface area contributed by atoms with Crippen molar-refractivity contribution < 1.29 is 4.79 Å². The number of amides is 1. The fourth-order valence-electron chi connectivity index (χ4n) is 3.46. The van der Waals surface area contributed by atoms with Gasteiger partial charge in [0.1, 0.15) is 0 Å². The second kappa shape index (κ2) is 8.88. The molecule has 0 aliphatic rings. The Morgan fingerprint density at radius 3 is 2.37 bits per heavy atom. The number of fused-ring (bicyclic) bond motifs is 1. The molecule has 2 aromatic carbocycles. The molecule has 0 saturated heterocycles. The molecule has 1 aromatic heterocycles. The molecular formula is C26H33N3O. The van der Waals surface area contributed by atoms with Crippen molar-refractivity contribution in [2.45, 2.75) is 39.7 Å². The molecule has 0 atom stereocenters. The Morgan fingerprint density at radius 1 is 1.07 bits per heavy atom. The van der Waals surface area contributed by atoms with Crippen molar-refractivity contribution >= 4 is 28.6 Å². The molecule has 4 nitrogen and oxygen atoms in total. The summed E-state index contributed by atoms with van der Waals surface area (Å²) in [5.41, 5.74) is 5.11. The van der Waals surface area contributed by atoms with E-state index in [1.54, 1.807) is 0 Å². The van der Waals surface area contributed by atoms with E-state index >= 15 is 0 Å². The summed E-state index contributed by atoms with van der Waals surface area (Å²) in [6, 6.07) is 16.4. The second-order valence-corrected chi connectivity index (χ2v) is 9.21. The van der Waals surface area contributed by atoms with Crippen LogP contribution >= 0.6 is 0 Å². The molecule has 4 heteroatoms. The molecule has 0 unspecified atom stereocenters. The highest BCUT2D eigenvalue weighted by Crippen LogP contribution is 2.25. The first-order valence-electron chi connectivity index (χ1n) is 10.5. The average Bonchev–Trinajstić information content (AvgIpc) is 3.04. The number of benzene rings is 2. The number of carbonyl (C=O) groups is 1. The van der Waals surface area contributed by atoms with Gasteiger partial charge in [-0.3, -0.25) is 4.79 Å². The summed E-state index contributed by atoms with van der Waals surface area (Å²) in [7, 11) is 4.16. The summed E-state index contributed by atoms with van der Waals surface area (Å²) in [5, 5.41) is 4.18. The third kappa shape index (κ3) is 5.19. The molecule has 1 N–H and O–H groups in total. The van der Waals surface area contributed by atoms with Crippen LogP contribution in [0.2, 0.25) is 0 Å². The quantitative estimate of drug-likeness (QED) is 0.549. The summed E-state index contributed by atoms with van der Waals surface area (Å²) in [6.07, 6.45) is 4.12. The van der Waals surface area contributed by atoms with E-state index in [1.165, 1.54) is 11.1 Å². The molecule has 1 amide bonds. The monoisotopic (exact) mass is 403 g/mol. The molecule has 158 valence electrons. The molecule has 30 heavy (non-hydrogen) atoms. The van der Waals surface area contributed by atoms with Crippen molar-refractivity contribution in [3.05, 3.63) is 71.4 Å². The fraction of sp³-hybridized carbons (Fsp3) is 0.346. The highest BCUT2D eigenvalue weighted by molar-refractivity contribution is 6.07. The first-order valence-corrected chi connectivity index (χ1v) is 10.5. The van der Waals surface area contributed by atoms with E-state index in [9.17, 15) is 4.79 Å². The van der Waals surface area contributed by atoms with Crippen molar-refractivity contribution in [1.29, 1.82) is 0 Å². The largest absolute Gasteiger partial charge is 0.346 e. The predicted molar refractivity (Wildman–Crippen MR) is 128 cm³/mol. The Balaban J connectivity index is 1.80. The number of likely N-dealkylation sites (N-methyl/N-ethyl adjacent to an activating group) is 1. The summed E-state index contributed by atoms with van der Waals surface area (Å²) < 4.78 is 2.26. The lowest BCUT2D eigenvalue weighted by Gasteiger charge is -2.19. The van der Waals surface area contributed by atoms with Crippen LogP contribution in [0.1, 0.15) is 38.8 Å². The van der Waals surface area contributed by atoms with Crippen LogP contribution < -0.4 is 5.32 Å². The highest BCUT2D eigenvalue weighted by Gasteiger charge is 2.14. The average molecular weight is 404 g/mol. The Labute approximate surface area is 180 Å². The van der Waals surface area contributed by atoms with Gasteiger partial charge >= 0.3 is 0 Å². The van der Waals surface area contributed by atoms with E-state index in [2.05, 4.69) is 86.2 Å². The van der Waals surface area contributed by atoms with Crippen molar-refractivity contribution in [2.75, 3.05) is 26.0 Å². The summed E-state index contributed by atoms with van der Waals surface area (Å²) >= 11 is 0. The van der Waals surface area contributed by atoms with Crippen LogP contribution in [0.4, 0.5) is 5.69 Å². The number of nitrogens with zero attached hydrogens (tertiary/aromatic N) is 2. The van der Waals surface area contributed by atoms with Gasteiger partial charge < -0.3 is 14.8 Å². The lowest BCUT2D eigenvalue weighted by Crippen LogP contribution is -2.17. The van der Waals surface area contributed by atoms with Gasteiger partial charge in [-0.2, -0.15) is 0 Å². The topological polar surface area (TPSA) is 37.3 Å². The molecular weight excluding hydrogens is 370 g/mol. The van der Waals surface area contributed by atoms with Gasteiger partial charge in [-0.25, -0.2) is 0 Å². The van der Waals surface area contributed by atoms with Crippen LogP contribution in [0.25, 0.3) is 17.0 Å². The zero-order chi connectivity index (χ0) is 21.9. The Hall–Kier alpha value is -2.85. The van der Waals surface area contributed by atoms with Crippen LogP contribution in [0, 0.1) is 0 Å². The molecule has 0 fully saturated rings. The van der Waals surface area contributed by atoms with Crippen molar-refractivity contribution in [3.8, 4) is 0 Å². The molecule has 0 aliphatic heterocycles. The van der Waals surface area contributed by atoms with E-state index in [-0.39, 0.29) is 11.3 Å². The van der Waals surface area contributed by atoms with Crippen molar-refractivity contribution in [1.82, 2.24) is 9.47 Å². The van der Waals surface area contributed by atoms with E-state index in [1.807, 2.05) is 31.2 Å². The minimum atomic E-state index is -0.0800. The summed E-state index contributed by atoms with van der Waals surface area (Å²) in [6.45, 7) is 10.3. The number of hydrogen-bond acceptors (Lipinski definition) is 2. The molecule has 0 spiro atoms. The van der Waals surface area contributed by atoms with Crippen LogP contribution in [-0.2, 0) is 16.8 Å². The third-order valence-corrected chi connectivity index (χ3v) is 5.35. The molecule has 1 heterocycles. The maximum absolute atomic E-state index is 12.8. The Bertz CT molecular complexity index is 1050. The SMILES string of the molecule is C/C(=C\c1cn(CCN(C)C)c2ccccc12)C(=O)Nc1ccc(C(C)(C)C)cc1. The van der Waals surface area contributed by atoms with Crippen LogP contribution in [0.15, 0.2) is 60.3 Å². The Morgan fingerprint density at radius 2 is 1.73 bits per heavy atom. The van der Waals surface area contributed by atoms with E-state index < -0.39 is 0 Å². The normalized spacial score (nSPS) is 12.6. The van der Waals surface area contributed by atoms with Crippen LogP contribution in [-0.4, -0.2) is 36.0 Å². The van der Waals surface area contributed by atoms with E-state index in [4.69, 9.17) is 0 Å². The number of carbonyl (C=O) groups excluding carboxylic acids is 1. The molecule has 0 bridgehead atoms. The van der Waals surface area contributed by atoms with Gasteiger partial charge in [-0.1, -0.05) is 51.1 Å². The molecule has 0 saturated carbocycles. The minimum Gasteiger partial charge on any atom is -0.346 e.